The molecule has 9 nitrogen and oxygen atoms in total. The summed E-state index contributed by atoms with van der Waals surface area (Å²) in [7, 11) is 0. The van der Waals surface area contributed by atoms with E-state index in [1.54, 1.807) is 12.3 Å². The zero-order valence-electron chi connectivity index (χ0n) is 17.0. The first kappa shape index (κ1) is 18.9. The minimum absolute atomic E-state index is 0.0855. The van der Waals surface area contributed by atoms with Gasteiger partial charge < -0.3 is 20.5 Å². The van der Waals surface area contributed by atoms with Gasteiger partial charge in [-0.05, 0) is 30.7 Å². The zero-order valence-corrected chi connectivity index (χ0v) is 17.0. The van der Waals surface area contributed by atoms with Crippen LogP contribution < -0.4 is 16.0 Å². The molecule has 0 spiro atoms. The monoisotopic (exact) mass is 414 g/mol. The van der Waals surface area contributed by atoms with Crippen LogP contribution in [0.25, 0.3) is 11.0 Å². The number of rotatable bonds is 4. The van der Waals surface area contributed by atoms with E-state index in [0.29, 0.717) is 30.3 Å². The molecule has 1 aliphatic heterocycles. The fourth-order valence-corrected chi connectivity index (χ4v) is 3.80. The number of fused-ring (bicyclic) bond motifs is 3. The van der Waals surface area contributed by atoms with Crippen molar-refractivity contribution in [3.05, 3.63) is 72.2 Å². The van der Waals surface area contributed by atoms with Crippen molar-refractivity contribution in [2.24, 2.45) is 0 Å². The number of guanidine groups is 1. The molecule has 1 amide bonds. The summed E-state index contributed by atoms with van der Waals surface area (Å²) in [4.78, 5) is 16.8. The second kappa shape index (κ2) is 7.60. The lowest BCUT2D eigenvalue weighted by atomic mass is 10.2. The summed E-state index contributed by atoms with van der Waals surface area (Å²) in [6.45, 7) is 3.27. The molecule has 0 bridgehead atoms. The minimum Gasteiger partial charge on any atom is -0.349 e. The topological polar surface area (TPSA) is 113 Å². The molecule has 0 fully saturated rings. The Morgan fingerprint density at radius 1 is 1.23 bits per heavy atom. The lowest BCUT2D eigenvalue weighted by Gasteiger charge is -2.23. The third kappa shape index (κ3) is 3.73. The molecule has 0 aliphatic carbocycles. The number of anilines is 2. The average Bonchev–Trinajstić information content (AvgIpc) is 3.36. The molecule has 4 heterocycles. The van der Waals surface area contributed by atoms with Gasteiger partial charge in [-0.2, -0.15) is 5.10 Å². The Kier molecular flexibility index (Phi) is 4.62. The van der Waals surface area contributed by atoms with Gasteiger partial charge >= 0.3 is 0 Å². The van der Waals surface area contributed by atoms with E-state index in [2.05, 4.69) is 26.0 Å². The Balaban J connectivity index is 1.30. The molecule has 31 heavy (non-hydrogen) atoms. The maximum absolute atomic E-state index is 12.2. The summed E-state index contributed by atoms with van der Waals surface area (Å²) in [6.07, 6.45) is 3.53. The number of nitrogens with one attached hydrogen (secondary N) is 4. The first-order valence-electron chi connectivity index (χ1n) is 10.1. The van der Waals surface area contributed by atoms with Crippen molar-refractivity contribution in [1.29, 1.82) is 5.41 Å². The highest BCUT2D eigenvalue weighted by Crippen LogP contribution is 2.26. The number of aromatic nitrogens is 4. The molecule has 0 radical (unpaired) electrons. The molecule has 1 aromatic carbocycles. The highest BCUT2D eigenvalue weighted by molar-refractivity contribution is 6.02. The molecule has 3 aromatic heterocycles. The van der Waals surface area contributed by atoms with Gasteiger partial charge in [0.15, 0.2) is 5.96 Å². The molecule has 4 aromatic rings. The van der Waals surface area contributed by atoms with Crippen molar-refractivity contribution in [2.45, 2.75) is 19.5 Å². The van der Waals surface area contributed by atoms with E-state index in [-0.39, 0.29) is 17.9 Å². The number of benzene rings is 1. The van der Waals surface area contributed by atoms with Gasteiger partial charge in [0.2, 0.25) is 0 Å². The standard InChI is InChI=1S/C22H22N8O/c1-14-10-24-21(31)18-9-16-7-8-19(27-20(16)30(14)18)28-22(23)26-17-11-25-29(13-17)12-15-5-3-2-4-6-15/h2-9,11,13-14H,10,12H2,1H3,(H,24,31)(H3,23,26,27,28). The SMILES string of the molecule is CC1CNC(=O)c2cc3ccc(NC(=N)Nc4cnn(Cc5ccccc5)c4)nc3n21. The van der Waals surface area contributed by atoms with Crippen molar-refractivity contribution in [1.82, 2.24) is 24.6 Å². The van der Waals surface area contributed by atoms with Crippen LogP contribution in [0.2, 0.25) is 0 Å². The number of nitrogens with zero attached hydrogens (tertiary/aromatic N) is 4. The summed E-state index contributed by atoms with van der Waals surface area (Å²) in [5.74, 6) is 0.524. The molecular weight excluding hydrogens is 392 g/mol. The Morgan fingerprint density at radius 3 is 2.90 bits per heavy atom. The Bertz CT molecular complexity index is 1270. The smallest absolute Gasteiger partial charge is 0.268 e. The third-order valence-corrected chi connectivity index (χ3v) is 5.26. The van der Waals surface area contributed by atoms with Crippen molar-refractivity contribution < 1.29 is 4.79 Å². The number of carbonyl (C=O) groups is 1. The Morgan fingerprint density at radius 2 is 2.06 bits per heavy atom. The highest BCUT2D eigenvalue weighted by Gasteiger charge is 2.25. The van der Waals surface area contributed by atoms with Crippen molar-refractivity contribution >= 4 is 34.4 Å². The van der Waals surface area contributed by atoms with Gasteiger partial charge in [0.05, 0.1) is 24.5 Å². The average molecular weight is 414 g/mol. The fraction of sp³-hybridized carbons (Fsp3) is 0.182. The summed E-state index contributed by atoms with van der Waals surface area (Å²) in [5.41, 5.74) is 3.20. The number of pyridine rings is 1. The molecule has 0 saturated heterocycles. The van der Waals surface area contributed by atoms with Gasteiger partial charge in [-0.1, -0.05) is 30.3 Å². The van der Waals surface area contributed by atoms with Gasteiger partial charge in [-0.25, -0.2) is 4.98 Å². The van der Waals surface area contributed by atoms with Gasteiger partial charge in [-0.3, -0.25) is 14.9 Å². The van der Waals surface area contributed by atoms with E-state index in [0.717, 1.165) is 16.6 Å². The van der Waals surface area contributed by atoms with Crippen LogP contribution in [-0.2, 0) is 6.54 Å². The van der Waals surface area contributed by atoms with Crippen molar-refractivity contribution in [3.63, 3.8) is 0 Å². The molecular formula is C22H22N8O. The lowest BCUT2D eigenvalue weighted by Crippen LogP contribution is -2.37. The van der Waals surface area contributed by atoms with Crippen molar-refractivity contribution in [2.75, 3.05) is 17.2 Å². The molecule has 4 N–H and O–H groups in total. The van der Waals surface area contributed by atoms with Crippen LogP contribution in [0, 0.1) is 5.41 Å². The summed E-state index contributed by atoms with van der Waals surface area (Å²) < 4.78 is 3.76. The van der Waals surface area contributed by atoms with E-state index in [9.17, 15) is 4.79 Å². The predicted molar refractivity (Wildman–Crippen MR) is 120 cm³/mol. The first-order valence-corrected chi connectivity index (χ1v) is 10.1. The van der Waals surface area contributed by atoms with E-state index in [1.165, 1.54) is 0 Å². The van der Waals surface area contributed by atoms with Crippen LogP contribution in [0.1, 0.15) is 29.0 Å². The quantitative estimate of drug-likeness (QED) is 0.303. The Hall–Kier alpha value is -4.14. The van der Waals surface area contributed by atoms with Gasteiger partial charge in [0.25, 0.3) is 5.91 Å². The van der Waals surface area contributed by atoms with Crippen LogP contribution in [0.5, 0.6) is 0 Å². The molecule has 1 unspecified atom stereocenters. The molecule has 0 saturated carbocycles. The van der Waals surface area contributed by atoms with Crippen LogP contribution in [0.15, 0.2) is 60.9 Å². The number of carbonyl (C=O) groups excluding carboxylic acids is 1. The maximum atomic E-state index is 12.2. The van der Waals surface area contributed by atoms with Crippen molar-refractivity contribution in [3.8, 4) is 0 Å². The molecule has 1 atom stereocenters. The predicted octanol–water partition coefficient (Wildman–Crippen LogP) is 3.04. The molecule has 5 rings (SSSR count). The molecule has 156 valence electrons. The zero-order chi connectivity index (χ0) is 21.4. The second-order valence-corrected chi connectivity index (χ2v) is 7.61. The van der Waals surface area contributed by atoms with Crippen LogP contribution in [-0.4, -0.2) is 37.7 Å². The van der Waals surface area contributed by atoms with E-state index < -0.39 is 0 Å². The Labute approximate surface area is 178 Å². The van der Waals surface area contributed by atoms with Crippen LogP contribution in [0.3, 0.4) is 0 Å². The lowest BCUT2D eigenvalue weighted by molar-refractivity contribution is 0.0919. The number of amides is 1. The minimum atomic E-state index is -0.0902. The van der Waals surface area contributed by atoms with E-state index >= 15 is 0 Å². The molecule has 1 aliphatic rings. The van der Waals surface area contributed by atoms with Crippen LogP contribution in [0.4, 0.5) is 11.5 Å². The molecule has 9 heteroatoms. The summed E-state index contributed by atoms with van der Waals surface area (Å²) in [5, 5.41) is 22.3. The summed E-state index contributed by atoms with van der Waals surface area (Å²) >= 11 is 0. The van der Waals surface area contributed by atoms with Gasteiger partial charge in [-0.15, -0.1) is 0 Å². The van der Waals surface area contributed by atoms with E-state index in [1.807, 2.05) is 64.8 Å². The van der Waals surface area contributed by atoms with Crippen LogP contribution >= 0.6 is 0 Å². The summed E-state index contributed by atoms with van der Waals surface area (Å²) in [6, 6.07) is 15.7. The number of hydrogen-bond donors (Lipinski definition) is 4. The third-order valence-electron chi connectivity index (χ3n) is 5.26. The largest absolute Gasteiger partial charge is 0.349 e. The first-order chi connectivity index (χ1) is 15.1. The van der Waals surface area contributed by atoms with E-state index in [4.69, 9.17) is 5.41 Å². The normalized spacial score (nSPS) is 15.4. The maximum Gasteiger partial charge on any atom is 0.268 e. The fourth-order valence-electron chi connectivity index (χ4n) is 3.80. The highest BCUT2D eigenvalue weighted by atomic mass is 16.2. The van der Waals surface area contributed by atoms with Gasteiger partial charge in [0.1, 0.15) is 17.2 Å². The van der Waals surface area contributed by atoms with Gasteiger partial charge in [0, 0.05) is 18.1 Å². The second-order valence-electron chi connectivity index (χ2n) is 7.61. The number of hydrogen-bond acceptors (Lipinski definition) is 4.